The molecular formula is C48H34N2O. The summed E-state index contributed by atoms with van der Waals surface area (Å²) >= 11 is 0. The lowest BCUT2D eigenvalue weighted by Gasteiger charge is -2.22. The minimum atomic E-state index is -0.0643. The van der Waals surface area contributed by atoms with E-state index in [1.807, 2.05) is 0 Å². The van der Waals surface area contributed by atoms with E-state index in [2.05, 4.69) is 170 Å². The molecule has 0 fully saturated rings. The first-order valence-corrected chi connectivity index (χ1v) is 17.9. The van der Waals surface area contributed by atoms with E-state index in [0.29, 0.717) is 0 Å². The van der Waals surface area contributed by atoms with Gasteiger partial charge in [0, 0.05) is 32.7 Å². The molecule has 3 heteroatoms. The zero-order chi connectivity index (χ0) is 33.8. The van der Waals surface area contributed by atoms with E-state index in [0.717, 1.165) is 45.8 Å². The van der Waals surface area contributed by atoms with Gasteiger partial charge < -0.3 is 9.30 Å². The molecule has 51 heavy (non-hydrogen) atoms. The molecule has 1 atom stereocenters. The molecule has 3 aliphatic rings. The van der Waals surface area contributed by atoms with E-state index < -0.39 is 0 Å². The number of nitrogens with zero attached hydrogens (tertiary/aromatic N) is 2. The number of aromatic nitrogens is 2. The Labute approximate surface area is 296 Å². The highest BCUT2D eigenvalue weighted by molar-refractivity contribution is 6.13. The average Bonchev–Trinajstić information content (AvgIpc) is 3.80. The van der Waals surface area contributed by atoms with Crippen LogP contribution >= 0.6 is 0 Å². The fourth-order valence-electron chi connectivity index (χ4n) is 9.16. The maximum absolute atomic E-state index is 7.01. The molecular weight excluding hydrogens is 621 g/mol. The minimum Gasteiger partial charge on any atom is -0.459 e. The Morgan fingerprint density at radius 3 is 2.29 bits per heavy atom. The van der Waals surface area contributed by atoms with Gasteiger partial charge in [0.25, 0.3) is 0 Å². The van der Waals surface area contributed by atoms with Crippen molar-refractivity contribution in [3.63, 3.8) is 0 Å². The molecule has 2 aliphatic carbocycles. The number of ether oxygens (including phenoxy) is 1. The third kappa shape index (κ3) is 3.97. The van der Waals surface area contributed by atoms with Gasteiger partial charge in [0.05, 0.1) is 33.9 Å². The monoisotopic (exact) mass is 654 g/mol. The van der Waals surface area contributed by atoms with Crippen LogP contribution in [0.1, 0.15) is 42.9 Å². The summed E-state index contributed by atoms with van der Waals surface area (Å²) in [5.74, 6) is 2.05. The third-order valence-electron chi connectivity index (χ3n) is 11.5. The molecule has 0 saturated carbocycles. The molecule has 2 aromatic heterocycles. The number of fused-ring (bicyclic) bond motifs is 10. The Hall–Kier alpha value is -6.19. The van der Waals surface area contributed by atoms with Crippen LogP contribution in [0, 0.1) is 0 Å². The summed E-state index contributed by atoms with van der Waals surface area (Å²) in [6.07, 6.45) is 5.50. The van der Waals surface area contributed by atoms with Crippen molar-refractivity contribution in [3.05, 3.63) is 174 Å². The van der Waals surface area contributed by atoms with Crippen LogP contribution in [-0.2, 0) is 5.41 Å². The highest BCUT2D eigenvalue weighted by Gasteiger charge is 2.39. The minimum absolute atomic E-state index is 0.0643. The van der Waals surface area contributed by atoms with Gasteiger partial charge in [-0.1, -0.05) is 123 Å². The topological polar surface area (TPSA) is 27.1 Å². The molecule has 0 saturated heterocycles. The fraction of sp³-hybridized carbons (Fsp3) is 0.104. The molecule has 0 bridgehead atoms. The normalized spacial score (nSPS) is 16.7. The van der Waals surface area contributed by atoms with Crippen molar-refractivity contribution in [1.29, 1.82) is 0 Å². The molecule has 0 N–H and O–H groups in total. The number of benzene rings is 6. The second-order valence-electron chi connectivity index (χ2n) is 14.6. The Morgan fingerprint density at radius 1 is 0.627 bits per heavy atom. The lowest BCUT2D eigenvalue weighted by Crippen LogP contribution is -2.14. The van der Waals surface area contributed by atoms with Crippen LogP contribution in [0.2, 0.25) is 0 Å². The zero-order valence-corrected chi connectivity index (χ0v) is 28.5. The van der Waals surface area contributed by atoms with Crippen molar-refractivity contribution in [2.24, 2.45) is 0 Å². The molecule has 3 heterocycles. The highest BCUT2D eigenvalue weighted by Crippen LogP contribution is 2.54. The van der Waals surface area contributed by atoms with Crippen molar-refractivity contribution < 1.29 is 4.74 Å². The van der Waals surface area contributed by atoms with Gasteiger partial charge in [0.2, 0.25) is 0 Å². The van der Waals surface area contributed by atoms with Gasteiger partial charge in [-0.05, 0) is 82.3 Å². The lowest BCUT2D eigenvalue weighted by atomic mass is 9.82. The largest absolute Gasteiger partial charge is 0.459 e. The maximum atomic E-state index is 7.01. The molecule has 1 unspecified atom stereocenters. The van der Waals surface area contributed by atoms with Crippen LogP contribution in [0.25, 0.3) is 71.9 Å². The van der Waals surface area contributed by atoms with Crippen LogP contribution in [0.3, 0.4) is 0 Å². The van der Waals surface area contributed by atoms with Crippen LogP contribution in [0.4, 0.5) is 0 Å². The van der Waals surface area contributed by atoms with Crippen molar-refractivity contribution in [2.75, 3.05) is 0 Å². The average molecular weight is 655 g/mol. The number of pyridine rings is 1. The third-order valence-corrected chi connectivity index (χ3v) is 11.5. The second-order valence-corrected chi connectivity index (χ2v) is 14.6. The first-order valence-electron chi connectivity index (χ1n) is 17.9. The quantitative estimate of drug-likeness (QED) is 0.190. The summed E-state index contributed by atoms with van der Waals surface area (Å²) in [6, 6.07) is 50.4. The van der Waals surface area contributed by atoms with E-state index >= 15 is 0 Å². The van der Waals surface area contributed by atoms with Crippen molar-refractivity contribution in [2.45, 2.75) is 31.6 Å². The van der Waals surface area contributed by atoms with Gasteiger partial charge >= 0.3 is 0 Å². The molecule has 11 rings (SSSR count). The van der Waals surface area contributed by atoms with Gasteiger partial charge in [0.15, 0.2) is 0 Å². The molecule has 0 amide bonds. The predicted octanol–water partition coefficient (Wildman–Crippen LogP) is 12.3. The highest BCUT2D eigenvalue weighted by atomic mass is 16.5. The Morgan fingerprint density at radius 2 is 1.39 bits per heavy atom. The van der Waals surface area contributed by atoms with Gasteiger partial charge in [-0.2, -0.15) is 0 Å². The first kappa shape index (κ1) is 28.6. The molecule has 8 aromatic rings. The smallest absolute Gasteiger partial charge is 0.136 e. The summed E-state index contributed by atoms with van der Waals surface area (Å²) in [5, 5.41) is 3.69. The van der Waals surface area contributed by atoms with Crippen LogP contribution < -0.4 is 4.74 Å². The molecule has 242 valence electrons. The van der Waals surface area contributed by atoms with Gasteiger partial charge in [-0.3, -0.25) is 0 Å². The number of hydrogen-bond donors (Lipinski definition) is 0. The van der Waals surface area contributed by atoms with E-state index in [4.69, 9.17) is 9.72 Å². The van der Waals surface area contributed by atoms with Gasteiger partial charge in [-0.25, -0.2) is 4.98 Å². The van der Waals surface area contributed by atoms with Crippen molar-refractivity contribution in [1.82, 2.24) is 9.55 Å². The number of rotatable bonds is 3. The Balaban J connectivity index is 1.14. The summed E-state index contributed by atoms with van der Waals surface area (Å²) in [6.45, 7) is 4.72. The predicted molar refractivity (Wildman–Crippen MR) is 210 cm³/mol. The van der Waals surface area contributed by atoms with Gasteiger partial charge in [-0.15, -0.1) is 0 Å². The number of hydrogen-bond acceptors (Lipinski definition) is 2. The fourth-order valence-corrected chi connectivity index (χ4v) is 9.16. The molecule has 0 spiro atoms. The Bertz CT molecular complexity index is 2830. The number of allylic oxidation sites excluding steroid dienone is 4. The SMILES string of the molecule is CC1(C)c2ccccc2-c2cc3c(cc21)c1ccccc1n3C1=C2Oc3cccc(-c4cc(-c5ccccc5)nc5ccccc45)c3C2CC=C1. The molecule has 6 aromatic carbocycles. The standard InChI is InChI=1S/C48H34N2O/c1-48(2)38-21-9-6-16-30(38)36-28-44-37(26-39(36)48)32-18-8-11-23-42(32)50(44)43-24-12-20-34-46-33(19-13-25-45(46)51-47(34)43)35-27-41(29-14-4-3-5-15-29)49-40-22-10-7-17-31(35)40/h3-19,21-28,34H,20H2,1-2H3. The summed E-state index contributed by atoms with van der Waals surface area (Å²) in [7, 11) is 0. The molecule has 3 nitrogen and oxygen atoms in total. The first-order chi connectivity index (χ1) is 25.1. The molecule has 1 aliphatic heterocycles. The summed E-state index contributed by atoms with van der Waals surface area (Å²) in [4.78, 5) is 5.10. The van der Waals surface area contributed by atoms with Gasteiger partial charge in [0.1, 0.15) is 11.5 Å². The number of para-hydroxylation sites is 2. The maximum Gasteiger partial charge on any atom is 0.136 e. The summed E-state index contributed by atoms with van der Waals surface area (Å²) in [5.41, 5.74) is 15.6. The van der Waals surface area contributed by atoms with E-state index in [1.54, 1.807) is 0 Å². The van der Waals surface area contributed by atoms with Crippen LogP contribution in [0.5, 0.6) is 5.75 Å². The Kier molecular flexibility index (Phi) is 5.85. The lowest BCUT2D eigenvalue weighted by molar-refractivity contribution is 0.426. The zero-order valence-electron chi connectivity index (χ0n) is 28.5. The second kappa shape index (κ2) is 10.4. The van der Waals surface area contributed by atoms with E-state index in [9.17, 15) is 0 Å². The van der Waals surface area contributed by atoms with Crippen molar-refractivity contribution in [3.8, 4) is 39.3 Å². The van der Waals surface area contributed by atoms with E-state index in [1.165, 1.54) is 60.8 Å². The summed E-state index contributed by atoms with van der Waals surface area (Å²) < 4.78 is 9.46. The van der Waals surface area contributed by atoms with Crippen molar-refractivity contribution >= 4 is 38.4 Å². The van der Waals surface area contributed by atoms with Crippen LogP contribution in [-0.4, -0.2) is 9.55 Å². The van der Waals surface area contributed by atoms with E-state index in [-0.39, 0.29) is 11.3 Å². The van der Waals surface area contributed by atoms with Crippen LogP contribution in [0.15, 0.2) is 157 Å². The molecule has 0 radical (unpaired) electrons.